The molecular formula is C19H21N3O2. The summed E-state index contributed by atoms with van der Waals surface area (Å²) in [5, 5.41) is 5.81. The SMILES string of the molecule is Cc1ccc(C(NC(=O)C2CCCC(=O)N2)c2ccccn2)cc1. The van der Waals surface area contributed by atoms with Crippen LogP contribution in [0.4, 0.5) is 0 Å². The number of aromatic nitrogens is 1. The first-order chi connectivity index (χ1) is 11.6. The summed E-state index contributed by atoms with van der Waals surface area (Å²) in [5.74, 6) is -0.231. The molecule has 1 aromatic carbocycles. The van der Waals surface area contributed by atoms with E-state index in [0.717, 1.165) is 23.2 Å². The Balaban J connectivity index is 1.83. The molecule has 1 aliphatic rings. The second-order valence-corrected chi connectivity index (χ2v) is 6.12. The molecule has 124 valence electrons. The molecule has 2 amide bonds. The van der Waals surface area contributed by atoms with Crippen molar-refractivity contribution in [3.8, 4) is 0 Å². The number of piperidine rings is 1. The molecule has 2 aromatic rings. The maximum absolute atomic E-state index is 12.6. The summed E-state index contributed by atoms with van der Waals surface area (Å²) in [6, 6.07) is 12.9. The summed E-state index contributed by atoms with van der Waals surface area (Å²) in [7, 11) is 0. The fraction of sp³-hybridized carbons (Fsp3) is 0.316. The van der Waals surface area contributed by atoms with Crippen LogP contribution in [0.25, 0.3) is 0 Å². The highest BCUT2D eigenvalue weighted by molar-refractivity contribution is 5.89. The fourth-order valence-corrected chi connectivity index (χ4v) is 2.88. The third-order valence-corrected chi connectivity index (χ3v) is 4.23. The Bertz CT molecular complexity index is 713. The minimum atomic E-state index is -0.470. The molecule has 0 radical (unpaired) electrons. The average molecular weight is 323 g/mol. The summed E-state index contributed by atoms with van der Waals surface area (Å²) in [5.41, 5.74) is 2.90. The Morgan fingerprint density at radius 2 is 2.04 bits per heavy atom. The number of nitrogens with one attached hydrogen (secondary N) is 2. The first-order valence-corrected chi connectivity index (χ1v) is 8.21. The standard InChI is InChI=1S/C19H21N3O2/c1-13-8-10-14(11-9-13)18(15-5-2-3-12-20-15)22-19(24)16-6-4-7-17(23)21-16/h2-3,5,8-12,16,18H,4,6-7H2,1H3,(H,21,23)(H,22,24). The van der Waals surface area contributed by atoms with Gasteiger partial charge in [-0.15, -0.1) is 0 Å². The van der Waals surface area contributed by atoms with E-state index in [-0.39, 0.29) is 17.9 Å². The molecule has 3 rings (SSSR count). The molecule has 5 nitrogen and oxygen atoms in total. The molecular weight excluding hydrogens is 302 g/mol. The molecule has 5 heteroatoms. The molecule has 0 spiro atoms. The van der Waals surface area contributed by atoms with E-state index in [1.165, 1.54) is 0 Å². The Labute approximate surface area is 141 Å². The maximum atomic E-state index is 12.6. The van der Waals surface area contributed by atoms with E-state index in [1.807, 2.05) is 49.4 Å². The van der Waals surface area contributed by atoms with Crippen LogP contribution in [-0.4, -0.2) is 22.8 Å². The lowest BCUT2D eigenvalue weighted by atomic mass is 9.99. The number of benzene rings is 1. The van der Waals surface area contributed by atoms with Gasteiger partial charge in [0.05, 0.1) is 11.7 Å². The molecule has 2 N–H and O–H groups in total. The Morgan fingerprint density at radius 3 is 2.71 bits per heavy atom. The highest BCUT2D eigenvalue weighted by Gasteiger charge is 2.27. The third kappa shape index (κ3) is 3.79. The van der Waals surface area contributed by atoms with Gasteiger partial charge in [-0.2, -0.15) is 0 Å². The predicted molar refractivity (Wildman–Crippen MR) is 91.2 cm³/mol. The van der Waals surface area contributed by atoms with Crippen LogP contribution in [0.1, 0.15) is 42.1 Å². The largest absolute Gasteiger partial charge is 0.344 e. The summed E-state index contributed by atoms with van der Waals surface area (Å²) >= 11 is 0. The minimum absolute atomic E-state index is 0.0638. The summed E-state index contributed by atoms with van der Waals surface area (Å²) in [6.45, 7) is 2.02. The molecule has 24 heavy (non-hydrogen) atoms. The summed E-state index contributed by atoms with van der Waals surface area (Å²) in [6.07, 6.45) is 3.61. The number of carbonyl (C=O) groups excluding carboxylic acids is 2. The van der Waals surface area contributed by atoms with Gasteiger partial charge < -0.3 is 10.6 Å². The van der Waals surface area contributed by atoms with Crippen LogP contribution < -0.4 is 10.6 Å². The smallest absolute Gasteiger partial charge is 0.243 e. The van der Waals surface area contributed by atoms with E-state index in [0.29, 0.717) is 12.8 Å². The summed E-state index contributed by atoms with van der Waals surface area (Å²) in [4.78, 5) is 28.5. The van der Waals surface area contributed by atoms with Crippen LogP contribution in [0.15, 0.2) is 48.7 Å². The van der Waals surface area contributed by atoms with Gasteiger partial charge in [0.25, 0.3) is 0 Å². The third-order valence-electron chi connectivity index (χ3n) is 4.23. The predicted octanol–water partition coefficient (Wildman–Crippen LogP) is 2.26. The van der Waals surface area contributed by atoms with E-state index in [2.05, 4.69) is 15.6 Å². The van der Waals surface area contributed by atoms with Crippen LogP contribution in [0.3, 0.4) is 0 Å². The van der Waals surface area contributed by atoms with E-state index in [4.69, 9.17) is 0 Å². The second-order valence-electron chi connectivity index (χ2n) is 6.12. The van der Waals surface area contributed by atoms with Gasteiger partial charge in [-0.1, -0.05) is 35.9 Å². The van der Waals surface area contributed by atoms with Gasteiger partial charge in [-0.3, -0.25) is 14.6 Å². The number of hydrogen-bond acceptors (Lipinski definition) is 3. The normalized spacial score (nSPS) is 18.5. The first kappa shape index (κ1) is 16.2. The lowest BCUT2D eigenvalue weighted by Crippen LogP contribution is -2.50. The van der Waals surface area contributed by atoms with Crippen LogP contribution >= 0.6 is 0 Å². The number of carbonyl (C=O) groups is 2. The zero-order valence-corrected chi connectivity index (χ0v) is 13.7. The molecule has 2 atom stereocenters. The number of aryl methyl sites for hydroxylation is 1. The molecule has 2 unspecified atom stereocenters. The van der Waals surface area contributed by atoms with Crippen molar-refractivity contribution in [1.82, 2.24) is 15.6 Å². The van der Waals surface area contributed by atoms with Crippen molar-refractivity contribution < 1.29 is 9.59 Å². The topological polar surface area (TPSA) is 71.1 Å². The van der Waals surface area contributed by atoms with E-state index >= 15 is 0 Å². The fourth-order valence-electron chi connectivity index (χ4n) is 2.88. The monoisotopic (exact) mass is 323 g/mol. The Hall–Kier alpha value is -2.69. The van der Waals surface area contributed by atoms with E-state index < -0.39 is 6.04 Å². The number of hydrogen-bond donors (Lipinski definition) is 2. The minimum Gasteiger partial charge on any atom is -0.344 e. The van der Waals surface area contributed by atoms with E-state index in [9.17, 15) is 9.59 Å². The van der Waals surface area contributed by atoms with Crippen molar-refractivity contribution in [1.29, 1.82) is 0 Å². The lowest BCUT2D eigenvalue weighted by molar-refractivity contribution is -0.131. The van der Waals surface area contributed by atoms with Crippen molar-refractivity contribution in [2.24, 2.45) is 0 Å². The van der Waals surface area contributed by atoms with Gasteiger partial charge >= 0.3 is 0 Å². The van der Waals surface area contributed by atoms with Crippen LogP contribution in [0.5, 0.6) is 0 Å². The molecule has 0 aliphatic carbocycles. The molecule has 1 aromatic heterocycles. The zero-order chi connectivity index (χ0) is 16.9. The Kier molecular flexibility index (Phi) is 4.89. The number of rotatable bonds is 4. The van der Waals surface area contributed by atoms with Gasteiger partial charge in [0, 0.05) is 12.6 Å². The number of nitrogens with zero attached hydrogens (tertiary/aromatic N) is 1. The van der Waals surface area contributed by atoms with Gasteiger partial charge in [0.1, 0.15) is 6.04 Å². The van der Waals surface area contributed by atoms with Gasteiger partial charge in [-0.05, 0) is 37.5 Å². The van der Waals surface area contributed by atoms with Crippen molar-refractivity contribution in [2.45, 2.75) is 38.3 Å². The van der Waals surface area contributed by atoms with Crippen LogP contribution in [0.2, 0.25) is 0 Å². The van der Waals surface area contributed by atoms with Crippen LogP contribution in [-0.2, 0) is 9.59 Å². The number of amides is 2. The molecule has 0 bridgehead atoms. The van der Waals surface area contributed by atoms with Gasteiger partial charge in [-0.25, -0.2) is 0 Å². The van der Waals surface area contributed by atoms with Crippen LogP contribution in [0, 0.1) is 6.92 Å². The van der Waals surface area contributed by atoms with Crippen molar-refractivity contribution >= 4 is 11.8 Å². The molecule has 1 fully saturated rings. The average Bonchev–Trinajstić information content (AvgIpc) is 2.61. The van der Waals surface area contributed by atoms with Crippen molar-refractivity contribution in [3.63, 3.8) is 0 Å². The van der Waals surface area contributed by atoms with Crippen molar-refractivity contribution in [2.75, 3.05) is 0 Å². The highest BCUT2D eigenvalue weighted by atomic mass is 16.2. The van der Waals surface area contributed by atoms with Gasteiger partial charge in [0.2, 0.25) is 11.8 Å². The number of pyridine rings is 1. The first-order valence-electron chi connectivity index (χ1n) is 8.21. The lowest BCUT2D eigenvalue weighted by Gasteiger charge is -2.26. The molecule has 0 saturated carbocycles. The molecule has 2 heterocycles. The maximum Gasteiger partial charge on any atom is 0.243 e. The second kappa shape index (κ2) is 7.25. The quantitative estimate of drug-likeness (QED) is 0.907. The highest BCUT2D eigenvalue weighted by Crippen LogP contribution is 2.21. The summed E-state index contributed by atoms with van der Waals surface area (Å²) < 4.78 is 0. The van der Waals surface area contributed by atoms with Crippen molar-refractivity contribution in [3.05, 3.63) is 65.5 Å². The van der Waals surface area contributed by atoms with Gasteiger partial charge in [0.15, 0.2) is 0 Å². The molecule has 1 aliphatic heterocycles. The van der Waals surface area contributed by atoms with E-state index in [1.54, 1.807) is 6.20 Å². The molecule has 1 saturated heterocycles. The zero-order valence-electron chi connectivity index (χ0n) is 13.7. The Morgan fingerprint density at radius 1 is 1.25 bits per heavy atom.